The fraction of sp³-hybridized carbons (Fsp3) is 0.333. The van der Waals surface area contributed by atoms with Gasteiger partial charge in [0, 0.05) is 25.2 Å². The first-order valence-electron chi connectivity index (χ1n) is 10.0. The van der Waals surface area contributed by atoms with Crippen LogP contribution in [-0.4, -0.2) is 47.4 Å². The molecule has 4 heteroatoms. The predicted octanol–water partition coefficient (Wildman–Crippen LogP) is 4.07. The summed E-state index contributed by atoms with van der Waals surface area (Å²) < 4.78 is 0. The molecule has 1 fully saturated rings. The number of aromatic nitrogens is 1. The second-order valence-electron chi connectivity index (χ2n) is 7.70. The number of amides is 1. The number of piperidine rings is 1. The lowest BCUT2D eigenvalue weighted by molar-refractivity contribution is -0.131. The second kappa shape index (κ2) is 8.53. The number of carbonyl (C=O) groups excluding carboxylic acids is 1. The molecule has 0 spiro atoms. The van der Waals surface area contributed by atoms with E-state index in [0.29, 0.717) is 19.0 Å². The molecule has 0 atom stereocenters. The number of likely N-dealkylation sites (tertiary alicyclic amines) is 1. The number of carbonyl (C=O) groups is 1. The minimum atomic E-state index is 0.180. The molecular weight excluding hydrogens is 346 g/mol. The number of nitrogens with zero attached hydrogens (tertiary/aromatic N) is 3. The Morgan fingerprint density at radius 1 is 1.04 bits per heavy atom. The van der Waals surface area contributed by atoms with Crippen molar-refractivity contribution in [1.82, 2.24) is 14.8 Å². The molecule has 2 heterocycles. The van der Waals surface area contributed by atoms with Gasteiger partial charge in [-0.25, -0.2) is 0 Å². The number of rotatable bonds is 5. The van der Waals surface area contributed by atoms with Crippen LogP contribution < -0.4 is 0 Å². The molecular formula is C24H27N3O. The Morgan fingerprint density at radius 3 is 2.61 bits per heavy atom. The molecule has 0 saturated carbocycles. The van der Waals surface area contributed by atoms with Gasteiger partial charge in [0.05, 0.1) is 12.1 Å². The molecule has 1 amide bonds. The molecule has 144 valence electrons. The summed E-state index contributed by atoms with van der Waals surface area (Å²) in [4.78, 5) is 21.3. The lowest BCUT2D eigenvalue weighted by atomic mass is 9.89. The molecule has 0 N–H and O–H groups in total. The minimum absolute atomic E-state index is 0.180. The van der Waals surface area contributed by atoms with Crippen LogP contribution in [0.5, 0.6) is 0 Å². The van der Waals surface area contributed by atoms with Gasteiger partial charge in [-0.1, -0.05) is 48.5 Å². The molecule has 28 heavy (non-hydrogen) atoms. The Kier molecular flexibility index (Phi) is 5.68. The molecule has 1 aliphatic rings. The third-order valence-electron chi connectivity index (χ3n) is 5.79. The van der Waals surface area contributed by atoms with E-state index in [4.69, 9.17) is 0 Å². The Hall–Kier alpha value is -2.72. The van der Waals surface area contributed by atoms with E-state index >= 15 is 0 Å². The van der Waals surface area contributed by atoms with Crippen molar-refractivity contribution in [3.8, 4) is 0 Å². The normalized spacial score (nSPS) is 15.6. The van der Waals surface area contributed by atoms with Gasteiger partial charge >= 0.3 is 0 Å². The van der Waals surface area contributed by atoms with Crippen molar-refractivity contribution in [2.75, 3.05) is 26.7 Å². The first-order chi connectivity index (χ1) is 13.7. The maximum Gasteiger partial charge on any atom is 0.236 e. The highest BCUT2D eigenvalue weighted by Crippen LogP contribution is 2.27. The topological polar surface area (TPSA) is 36.4 Å². The molecule has 1 saturated heterocycles. The van der Waals surface area contributed by atoms with Crippen molar-refractivity contribution < 1.29 is 4.79 Å². The Bertz CT molecular complexity index is 927. The fourth-order valence-corrected chi connectivity index (χ4v) is 4.11. The van der Waals surface area contributed by atoms with Gasteiger partial charge in [0.2, 0.25) is 5.91 Å². The number of benzene rings is 2. The number of likely N-dealkylation sites (N-methyl/N-ethyl adjacent to an activating group) is 1. The van der Waals surface area contributed by atoms with Crippen molar-refractivity contribution in [1.29, 1.82) is 0 Å². The Morgan fingerprint density at radius 2 is 1.82 bits per heavy atom. The highest BCUT2D eigenvalue weighted by Gasteiger charge is 2.23. The minimum Gasteiger partial charge on any atom is -0.340 e. The van der Waals surface area contributed by atoms with Crippen LogP contribution in [0, 0.1) is 0 Å². The van der Waals surface area contributed by atoms with Crippen LogP contribution in [0.25, 0.3) is 10.9 Å². The largest absolute Gasteiger partial charge is 0.340 e. The van der Waals surface area contributed by atoms with E-state index in [9.17, 15) is 4.79 Å². The lowest BCUT2D eigenvalue weighted by Crippen LogP contribution is -2.41. The quantitative estimate of drug-likeness (QED) is 0.676. The van der Waals surface area contributed by atoms with Crippen LogP contribution in [-0.2, 0) is 11.3 Å². The maximum absolute atomic E-state index is 12.8. The highest BCUT2D eigenvalue weighted by atomic mass is 16.2. The summed E-state index contributed by atoms with van der Waals surface area (Å²) in [5.41, 5.74) is 3.54. The molecule has 4 nitrogen and oxygen atoms in total. The molecule has 1 aromatic heterocycles. The highest BCUT2D eigenvalue weighted by molar-refractivity contribution is 5.83. The van der Waals surface area contributed by atoms with Crippen molar-refractivity contribution in [3.63, 3.8) is 0 Å². The number of hydrogen-bond acceptors (Lipinski definition) is 3. The van der Waals surface area contributed by atoms with Crippen molar-refractivity contribution in [2.24, 2.45) is 0 Å². The molecule has 4 rings (SSSR count). The first kappa shape index (κ1) is 18.6. The average Bonchev–Trinajstić information content (AvgIpc) is 2.75. The number of fused-ring (bicyclic) bond motifs is 1. The SMILES string of the molecule is CN(Cc1cccc2ncccc12)C(=O)CN1CCC(c2ccccc2)CC1. The van der Waals surface area contributed by atoms with Gasteiger partial charge in [0.15, 0.2) is 0 Å². The number of hydrogen-bond donors (Lipinski definition) is 0. The maximum atomic E-state index is 12.8. The molecule has 0 aliphatic carbocycles. The van der Waals surface area contributed by atoms with Gasteiger partial charge in [-0.3, -0.25) is 14.7 Å². The average molecular weight is 374 g/mol. The third kappa shape index (κ3) is 4.23. The summed E-state index contributed by atoms with van der Waals surface area (Å²) in [5, 5.41) is 1.12. The van der Waals surface area contributed by atoms with Gasteiger partial charge in [0.25, 0.3) is 0 Å². The zero-order valence-corrected chi connectivity index (χ0v) is 16.4. The van der Waals surface area contributed by atoms with E-state index in [1.165, 1.54) is 5.56 Å². The molecule has 0 unspecified atom stereocenters. The van der Waals surface area contributed by atoms with Crippen LogP contribution in [0.4, 0.5) is 0 Å². The van der Waals surface area contributed by atoms with E-state index in [0.717, 1.165) is 42.4 Å². The van der Waals surface area contributed by atoms with Crippen molar-refractivity contribution in [2.45, 2.75) is 25.3 Å². The smallest absolute Gasteiger partial charge is 0.236 e. The fourth-order valence-electron chi connectivity index (χ4n) is 4.11. The summed E-state index contributed by atoms with van der Waals surface area (Å²) in [7, 11) is 1.90. The van der Waals surface area contributed by atoms with Crippen LogP contribution in [0.3, 0.4) is 0 Å². The van der Waals surface area contributed by atoms with Crippen molar-refractivity contribution in [3.05, 3.63) is 78.0 Å². The van der Waals surface area contributed by atoms with E-state index in [-0.39, 0.29) is 5.91 Å². The van der Waals surface area contributed by atoms with E-state index in [1.54, 1.807) is 6.20 Å². The zero-order chi connectivity index (χ0) is 19.3. The Labute approximate surface area is 166 Å². The van der Waals surface area contributed by atoms with E-state index in [2.05, 4.69) is 52.3 Å². The van der Waals surface area contributed by atoms with Crippen LogP contribution in [0.2, 0.25) is 0 Å². The third-order valence-corrected chi connectivity index (χ3v) is 5.79. The standard InChI is InChI=1S/C24H27N3O/c1-26(17-21-9-5-11-23-22(21)10-6-14-25-23)24(28)18-27-15-12-20(13-16-27)19-7-3-2-4-8-19/h2-11,14,20H,12-13,15-18H2,1H3. The molecule has 1 aliphatic heterocycles. The zero-order valence-electron chi connectivity index (χ0n) is 16.4. The lowest BCUT2D eigenvalue weighted by Gasteiger charge is -2.32. The molecule has 0 bridgehead atoms. The summed E-state index contributed by atoms with van der Waals surface area (Å²) in [6, 6.07) is 20.9. The van der Waals surface area contributed by atoms with Crippen molar-refractivity contribution >= 4 is 16.8 Å². The predicted molar refractivity (Wildman–Crippen MR) is 113 cm³/mol. The van der Waals surface area contributed by atoms with Gasteiger partial charge in [-0.05, 0) is 55.1 Å². The Balaban J connectivity index is 1.33. The van der Waals surface area contributed by atoms with Gasteiger partial charge < -0.3 is 4.90 Å². The van der Waals surface area contributed by atoms with Crippen LogP contribution in [0.15, 0.2) is 66.9 Å². The van der Waals surface area contributed by atoms with Crippen LogP contribution >= 0.6 is 0 Å². The molecule has 2 aromatic carbocycles. The molecule has 0 radical (unpaired) electrons. The van der Waals surface area contributed by atoms with Gasteiger partial charge in [0.1, 0.15) is 0 Å². The summed E-state index contributed by atoms with van der Waals surface area (Å²) >= 11 is 0. The van der Waals surface area contributed by atoms with Gasteiger partial charge in [-0.15, -0.1) is 0 Å². The first-order valence-corrected chi connectivity index (χ1v) is 10.0. The second-order valence-corrected chi connectivity index (χ2v) is 7.70. The summed E-state index contributed by atoms with van der Waals surface area (Å²) in [6.45, 7) is 3.08. The van der Waals surface area contributed by atoms with E-state index in [1.807, 2.05) is 30.1 Å². The summed E-state index contributed by atoms with van der Waals surface area (Å²) in [5.74, 6) is 0.799. The molecule has 3 aromatic rings. The number of pyridine rings is 1. The monoisotopic (exact) mass is 373 g/mol. The van der Waals surface area contributed by atoms with E-state index < -0.39 is 0 Å². The van der Waals surface area contributed by atoms with Crippen LogP contribution in [0.1, 0.15) is 29.9 Å². The summed E-state index contributed by atoms with van der Waals surface area (Å²) in [6.07, 6.45) is 4.05. The van der Waals surface area contributed by atoms with Gasteiger partial charge in [-0.2, -0.15) is 0 Å².